The number of nitrogens with zero attached hydrogens (tertiary/aromatic N) is 1. The quantitative estimate of drug-likeness (QED) is 0.815. The molecule has 1 N–H and O–H groups in total. The van der Waals surface area contributed by atoms with Gasteiger partial charge in [-0.3, -0.25) is 0 Å². The van der Waals surface area contributed by atoms with Crippen molar-refractivity contribution in [2.45, 2.75) is 46.1 Å². The van der Waals surface area contributed by atoms with Crippen molar-refractivity contribution >= 4 is 0 Å². The highest BCUT2D eigenvalue weighted by Gasteiger charge is 2.17. The van der Waals surface area contributed by atoms with E-state index >= 15 is 0 Å². The van der Waals surface area contributed by atoms with E-state index in [2.05, 4.69) is 32.3 Å². The molecular formula is C15H23NO2. The second kappa shape index (κ2) is 6.01. The first-order valence-electron chi connectivity index (χ1n) is 6.22. The zero-order valence-electron chi connectivity index (χ0n) is 11.8. The second-order valence-electron chi connectivity index (χ2n) is 5.66. The minimum atomic E-state index is -0.0579. The van der Waals surface area contributed by atoms with Gasteiger partial charge in [0.1, 0.15) is 0 Å². The first-order chi connectivity index (χ1) is 8.32. The number of hydrogen-bond acceptors (Lipinski definition) is 3. The Morgan fingerprint density at radius 1 is 1.39 bits per heavy atom. The summed E-state index contributed by atoms with van der Waals surface area (Å²) in [5.74, 6) is 0.577. The van der Waals surface area contributed by atoms with Gasteiger partial charge < -0.3 is 9.84 Å². The van der Waals surface area contributed by atoms with Gasteiger partial charge in [0.05, 0.1) is 18.9 Å². The zero-order chi connectivity index (χ0) is 13.8. The monoisotopic (exact) mass is 249 g/mol. The van der Waals surface area contributed by atoms with Crippen molar-refractivity contribution in [1.82, 2.24) is 4.98 Å². The number of hydrogen-bond donors (Lipinski definition) is 1. The molecule has 0 aliphatic heterocycles. The molecule has 0 saturated carbocycles. The van der Waals surface area contributed by atoms with Crippen LogP contribution < -0.4 is 4.74 Å². The van der Waals surface area contributed by atoms with Crippen LogP contribution in [0.25, 0.3) is 0 Å². The van der Waals surface area contributed by atoms with Crippen LogP contribution in [0, 0.1) is 0 Å². The van der Waals surface area contributed by atoms with Gasteiger partial charge in [0.25, 0.3) is 0 Å². The van der Waals surface area contributed by atoms with Gasteiger partial charge in [-0.1, -0.05) is 26.3 Å². The SMILES string of the molecule is C=C(C)CCOc1cc(CO)cc(C(C)(C)C)n1. The van der Waals surface area contributed by atoms with Crippen molar-refractivity contribution < 1.29 is 9.84 Å². The molecule has 3 nitrogen and oxygen atoms in total. The molecule has 0 aliphatic rings. The molecule has 1 heterocycles. The first kappa shape index (κ1) is 14.7. The number of aliphatic hydroxyl groups is 1. The third kappa shape index (κ3) is 4.49. The van der Waals surface area contributed by atoms with Gasteiger partial charge in [0, 0.05) is 17.9 Å². The van der Waals surface area contributed by atoms with Crippen molar-refractivity contribution in [3.8, 4) is 5.88 Å². The van der Waals surface area contributed by atoms with Crippen LogP contribution in [-0.2, 0) is 12.0 Å². The van der Waals surface area contributed by atoms with E-state index in [-0.39, 0.29) is 12.0 Å². The molecule has 0 aliphatic carbocycles. The van der Waals surface area contributed by atoms with Gasteiger partial charge >= 0.3 is 0 Å². The smallest absolute Gasteiger partial charge is 0.213 e. The Kier molecular flexibility index (Phi) is 4.91. The maximum atomic E-state index is 9.27. The second-order valence-corrected chi connectivity index (χ2v) is 5.66. The van der Waals surface area contributed by atoms with E-state index in [0.29, 0.717) is 12.5 Å². The number of aliphatic hydroxyl groups excluding tert-OH is 1. The summed E-state index contributed by atoms with van der Waals surface area (Å²) in [6, 6.07) is 3.71. The third-order valence-corrected chi connectivity index (χ3v) is 2.59. The van der Waals surface area contributed by atoms with E-state index in [0.717, 1.165) is 23.3 Å². The van der Waals surface area contributed by atoms with E-state index < -0.39 is 0 Å². The molecule has 18 heavy (non-hydrogen) atoms. The number of pyridine rings is 1. The molecule has 0 bridgehead atoms. The summed E-state index contributed by atoms with van der Waals surface area (Å²) in [7, 11) is 0. The summed E-state index contributed by atoms with van der Waals surface area (Å²) < 4.78 is 5.61. The predicted octanol–water partition coefficient (Wildman–Crippen LogP) is 3.22. The van der Waals surface area contributed by atoms with Crippen LogP contribution in [0.2, 0.25) is 0 Å². The molecule has 0 radical (unpaired) electrons. The molecule has 0 saturated heterocycles. The average Bonchev–Trinajstić information content (AvgIpc) is 2.27. The van der Waals surface area contributed by atoms with Crippen LogP contribution in [0.5, 0.6) is 5.88 Å². The fourth-order valence-corrected chi connectivity index (χ4v) is 1.44. The van der Waals surface area contributed by atoms with E-state index in [1.807, 2.05) is 13.0 Å². The Balaban J connectivity index is 2.87. The zero-order valence-corrected chi connectivity index (χ0v) is 11.8. The Bertz CT molecular complexity index is 419. The summed E-state index contributed by atoms with van der Waals surface area (Å²) in [6.45, 7) is 12.7. The molecule has 100 valence electrons. The lowest BCUT2D eigenvalue weighted by Gasteiger charge is -2.19. The van der Waals surface area contributed by atoms with Gasteiger partial charge in [-0.25, -0.2) is 4.98 Å². The number of ether oxygens (including phenoxy) is 1. The molecule has 1 rings (SSSR count). The summed E-state index contributed by atoms with van der Waals surface area (Å²) in [6.07, 6.45) is 0.815. The van der Waals surface area contributed by atoms with Gasteiger partial charge in [-0.05, 0) is 18.6 Å². The molecule has 3 heteroatoms. The maximum Gasteiger partial charge on any atom is 0.213 e. The Morgan fingerprint density at radius 3 is 2.56 bits per heavy atom. The van der Waals surface area contributed by atoms with Crippen molar-refractivity contribution in [2.75, 3.05) is 6.61 Å². The van der Waals surface area contributed by atoms with E-state index in [1.165, 1.54) is 0 Å². The van der Waals surface area contributed by atoms with Crippen molar-refractivity contribution in [3.05, 3.63) is 35.5 Å². The number of aromatic nitrogens is 1. The summed E-state index contributed by atoms with van der Waals surface area (Å²) in [5.41, 5.74) is 2.79. The van der Waals surface area contributed by atoms with Crippen LogP contribution in [-0.4, -0.2) is 16.7 Å². The summed E-state index contributed by atoms with van der Waals surface area (Å²) in [4.78, 5) is 4.49. The van der Waals surface area contributed by atoms with Crippen LogP contribution >= 0.6 is 0 Å². The third-order valence-electron chi connectivity index (χ3n) is 2.59. The molecule has 1 aromatic heterocycles. The fourth-order valence-electron chi connectivity index (χ4n) is 1.44. The standard InChI is InChI=1S/C15H23NO2/c1-11(2)6-7-18-14-9-12(10-17)8-13(16-14)15(3,4)5/h8-9,17H,1,6-7,10H2,2-5H3. The topological polar surface area (TPSA) is 42.4 Å². The minimum absolute atomic E-state index is 0.00243. The highest BCUT2D eigenvalue weighted by atomic mass is 16.5. The van der Waals surface area contributed by atoms with Gasteiger partial charge in [0.2, 0.25) is 5.88 Å². The first-order valence-corrected chi connectivity index (χ1v) is 6.22. The lowest BCUT2D eigenvalue weighted by molar-refractivity contribution is 0.276. The lowest BCUT2D eigenvalue weighted by atomic mass is 9.91. The fraction of sp³-hybridized carbons (Fsp3) is 0.533. The molecule has 0 unspecified atom stereocenters. The van der Waals surface area contributed by atoms with Crippen LogP contribution in [0.15, 0.2) is 24.3 Å². The normalized spacial score (nSPS) is 11.4. The van der Waals surface area contributed by atoms with Gasteiger partial charge in [-0.2, -0.15) is 0 Å². The van der Waals surface area contributed by atoms with E-state index in [1.54, 1.807) is 6.07 Å². The number of rotatable bonds is 5. The van der Waals surface area contributed by atoms with Crippen LogP contribution in [0.4, 0.5) is 0 Å². The highest BCUT2D eigenvalue weighted by molar-refractivity contribution is 5.28. The van der Waals surface area contributed by atoms with Gasteiger partial charge in [-0.15, -0.1) is 6.58 Å². The molecule has 0 fully saturated rings. The molecule has 0 aromatic carbocycles. The largest absolute Gasteiger partial charge is 0.477 e. The van der Waals surface area contributed by atoms with Crippen molar-refractivity contribution in [1.29, 1.82) is 0 Å². The average molecular weight is 249 g/mol. The van der Waals surface area contributed by atoms with Gasteiger partial charge in [0.15, 0.2) is 0 Å². The molecule has 1 aromatic rings. The minimum Gasteiger partial charge on any atom is -0.477 e. The molecular weight excluding hydrogens is 226 g/mol. The van der Waals surface area contributed by atoms with Crippen molar-refractivity contribution in [3.63, 3.8) is 0 Å². The molecule has 0 spiro atoms. The Morgan fingerprint density at radius 2 is 2.06 bits per heavy atom. The molecule has 0 amide bonds. The highest BCUT2D eigenvalue weighted by Crippen LogP contribution is 2.24. The van der Waals surface area contributed by atoms with Crippen molar-refractivity contribution in [2.24, 2.45) is 0 Å². The van der Waals surface area contributed by atoms with E-state index in [9.17, 15) is 5.11 Å². The lowest BCUT2D eigenvalue weighted by Crippen LogP contribution is -2.15. The van der Waals surface area contributed by atoms with Crippen LogP contribution in [0.1, 0.15) is 45.4 Å². The summed E-state index contributed by atoms with van der Waals surface area (Å²) in [5, 5.41) is 9.27. The predicted molar refractivity (Wildman–Crippen MR) is 73.8 cm³/mol. The Hall–Kier alpha value is -1.35. The summed E-state index contributed by atoms with van der Waals surface area (Å²) >= 11 is 0. The molecule has 0 atom stereocenters. The van der Waals surface area contributed by atoms with Crippen LogP contribution in [0.3, 0.4) is 0 Å². The maximum absolute atomic E-state index is 9.27. The van der Waals surface area contributed by atoms with E-state index in [4.69, 9.17) is 4.74 Å². The Labute approximate surface area is 110 Å².